The van der Waals surface area contributed by atoms with E-state index in [2.05, 4.69) is 69.7 Å². The van der Waals surface area contributed by atoms with Crippen LogP contribution >= 0.6 is 0 Å². The largest absolute Gasteiger partial charge is 0.493 e. The van der Waals surface area contributed by atoms with Crippen molar-refractivity contribution in [1.29, 1.82) is 0 Å². The number of carboxylic acid groups (broad SMARTS) is 1. The molecular formula is C56H66N4O9. The fourth-order valence-electron chi connectivity index (χ4n) is 7.91. The Morgan fingerprint density at radius 2 is 0.826 bits per heavy atom. The van der Waals surface area contributed by atoms with Gasteiger partial charge in [0.25, 0.3) is 5.91 Å². The van der Waals surface area contributed by atoms with Crippen LogP contribution in [0, 0.1) is 0 Å². The maximum Gasteiger partial charge on any atom is 0.335 e. The molecule has 2 saturated heterocycles. The van der Waals surface area contributed by atoms with Crippen molar-refractivity contribution in [3.05, 3.63) is 179 Å². The molecule has 6 aromatic carbocycles. The summed E-state index contributed by atoms with van der Waals surface area (Å²) < 4.78 is 33.3. The van der Waals surface area contributed by atoms with Crippen LogP contribution in [0.4, 0.5) is 0 Å². The number of nitrogens with one attached hydrogen (secondary N) is 1. The molecule has 2 aliphatic rings. The predicted molar refractivity (Wildman–Crippen MR) is 270 cm³/mol. The van der Waals surface area contributed by atoms with Gasteiger partial charge < -0.3 is 48.6 Å². The van der Waals surface area contributed by atoms with E-state index in [-0.39, 0.29) is 11.5 Å². The Morgan fingerprint density at radius 3 is 1.19 bits per heavy atom. The summed E-state index contributed by atoms with van der Waals surface area (Å²) in [6.45, 7) is 10.7. The van der Waals surface area contributed by atoms with E-state index < -0.39 is 5.97 Å². The average molecular weight is 939 g/mol. The van der Waals surface area contributed by atoms with Gasteiger partial charge in [0, 0.05) is 71.0 Å². The first-order valence-electron chi connectivity index (χ1n) is 23.4. The summed E-state index contributed by atoms with van der Waals surface area (Å²) in [5, 5.41) is 12.4. The number of carbonyl (C=O) groups excluding carboxylic acids is 1. The molecule has 2 heterocycles. The van der Waals surface area contributed by atoms with Gasteiger partial charge in [-0.25, -0.2) is 4.79 Å². The number of rotatable bonds is 18. The van der Waals surface area contributed by atoms with Gasteiger partial charge in [0.05, 0.1) is 34.0 Å². The molecule has 1 amide bonds. The Bertz CT molecular complexity index is 2400. The van der Waals surface area contributed by atoms with Crippen molar-refractivity contribution in [2.45, 2.75) is 26.1 Å². The van der Waals surface area contributed by atoms with Crippen LogP contribution in [-0.4, -0.2) is 126 Å². The van der Waals surface area contributed by atoms with Crippen LogP contribution in [0.2, 0.25) is 0 Å². The lowest BCUT2D eigenvalue weighted by Gasteiger charge is -2.35. The molecule has 0 unspecified atom stereocenters. The lowest BCUT2D eigenvalue weighted by Crippen LogP contribution is -2.49. The second-order valence-corrected chi connectivity index (χ2v) is 16.5. The molecule has 0 aromatic heterocycles. The van der Waals surface area contributed by atoms with Gasteiger partial charge in [-0.2, -0.15) is 0 Å². The minimum Gasteiger partial charge on any atom is -0.493 e. The van der Waals surface area contributed by atoms with Crippen LogP contribution in [-0.2, 0) is 26.1 Å². The molecule has 2 N–H and O–H groups in total. The molecule has 364 valence electrons. The number of piperazine rings is 2. The molecule has 0 bridgehead atoms. The molecule has 13 heteroatoms. The molecule has 2 aliphatic heterocycles. The maximum absolute atomic E-state index is 13.3. The Hall–Kier alpha value is -7.06. The van der Waals surface area contributed by atoms with Crippen LogP contribution in [0.1, 0.15) is 43.0 Å². The summed E-state index contributed by atoms with van der Waals surface area (Å²) in [6.07, 6.45) is 2.20. The van der Waals surface area contributed by atoms with Gasteiger partial charge in [0.1, 0.15) is 13.2 Å². The SMILES string of the molecule is COc1cc(C(=O)N2CCN(CCc3ccccc3)CC2)cc(OC)c1OCc1ccccc1.COc1cc(C(=O)O)cc(OC)c1OCc1ccccc1.c1ccc(CCN2CCNCC2)cc1. The van der Waals surface area contributed by atoms with Crippen LogP contribution in [0.25, 0.3) is 0 Å². The normalized spacial score (nSPS) is 13.7. The van der Waals surface area contributed by atoms with Crippen LogP contribution in [0.5, 0.6) is 34.5 Å². The number of nitrogens with zero attached hydrogens (tertiary/aromatic N) is 3. The molecule has 2 fully saturated rings. The van der Waals surface area contributed by atoms with Gasteiger partial charge in [0.15, 0.2) is 23.0 Å². The number of carbonyl (C=O) groups is 2. The summed E-state index contributed by atoms with van der Waals surface area (Å²) in [7, 11) is 6.05. The third kappa shape index (κ3) is 16.0. The smallest absolute Gasteiger partial charge is 0.335 e. The Kier molecular flexibility index (Phi) is 20.6. The highest BCUT2D eigenvalue weighted by atomic mass is 16.5. The molecule has 69 heavy (non-hydrogen) atoms. The summed E-state index contributed by atoms with van der Waals surface area (Å²) >= 11 is 0. The number of benzene rings is 6. The van der Waals surface area contributed by atoms with Gasteiger partial charge in [-0.15, -0.1) is 0 Å². The maximum atomic E-state index is 13.3. The first kappa shape index (κ1) is 51.3. The summed E-state index contributed by atoms with van der Waals surface area (Å²) in [4.78, 5) is 31.2. The van der Waals surface area contributed by atoms with Crippen molar-refractivity contribution in [2.75, 3.05) is 93.9 Å². The number of ether oxygens (including phenoxy) is 6. The fraction of sp³-hybridized carbons (Fsp3) is 0.321. The van der Waals surface area contributed by atoms with E-state index >= 15 is 0 Å². The highest BCUT2D eigenvalue weighted by Crippen LogP contribution is 2.40. The molecule has 8 rings (SSSR count). The van der Waals surface area contributed by atoms with E-state index in [1.807, 2.05) is 71.6 Å². The van der Waals surface area contributed by atoms with Gasteiger partial charge in [-0.3, -0.25) is 9.69 Å². The van der Waals surface area contributed by atoms with Crippen molar-refractivity contribution in [3.8, 4) is 34.5 Å². The van der Waals surface area contributed by atoms with E-state index in [0.717, 1.165) is 50.3 Å². The Balaban J connectivity index is 0.000000189. The van der Waals surface area contributed by atoms with Gasteiger partial charge >= 0.3 is 5.97 Å². The molecule has 0 radical (unpaired) electrons. The highest BCUT2D eigenvalue weighted by molar-refractivity contribution is 5.95. The van der Waals surface area contributed by atoms with Crippen molar-refractivity contribution < 1.29 is 43.1 Å². The predicted octanol–water partition coefficient (Wildman–Crippen LogP) is 8.40. The monoisotopic (exact) mass is 938 g/mol. The number of carboxylic acids is 1. The van der Waals surface area contributed by atoms with Crippen LogP contribution in [0.3, 0.4) is 0 Å². The zero-order valence-corrected chi connectivity index (χ0v) is 40.3. The number of hydrogen-bond acceptors (Lipinski definition) is 11. The molecule has 13 nitrogen and oxygen atoms in total. The summed E-state index contributed by atoms with van der Waals surface area (Å²) in [5.74, 6) is 1.42. The number of methoxy groups -OCH3 is 4. The standard InChI is InChI=1S/C28H32N2O4.C16H16O5.C12H18N2/c1-32-25-19-24(20-26(33-2)27(25)34-21-23-11-7-4-8-12-23)28(31)30-17-15-29(16-18-30)14-13-22-9-5-3-6-10-22;1-19-13-8-12(16(17)18)9-14(20-2)15(13)21-10-11-6-4-3-5-7-11;1-2-4-12(5-3-1)6-9-14-10-7-13-8-11-14/h3-12,19-20H,13-18,21H2,1-2H3;3-9H,10H2,1-2H3,(H,17,18);1-5,13H,6-11H2. The van der Waals surface area contributed by atoms with E-state index in [1.165, 1.54) is 63.5 Å². The van der Waals surface area contributed by atoms with Crippen molar-refractivity contribution >= 4 is 11.9 Å². The third-order valence-electron chi connectivity index (χ3n) is 11.9. The zero-order chi connectivity index (χ0) is 48.6. The van der Waals surface area contributed by atoms with Crippen molar-refractivity contribution in [2.24, 2.45) is 0 Å². The third-order valence-corrected chi connectivity index (χ3v) is 11.9. The average Bonchev–Trinajstić information content (AvgIpc) is 3.41. The number of aromatic carboxylic acids is 1. The molecule has 0 aliphatic carbocycles. The highest BCUT2D eigenvalue weighted by Gasteiger charge is 2.25. The molecule has 6 aromatic rings. The first-order valence-corrected chi connectivity index (χ1v) is 23.4. The van der Waals surface area contributed by atoms with Gasteiger partial charge in [-0.05, 0) is 59.4 Å². The molecule has 0 atom stereocenters. The van der Waals surface area contributed by atoms with E-state index in [4.69, 9.17) is 33.5 Å². The van der Waals surface area contributed by atoms with Gasteiger partial charge in [0.2, 0.25) is 11.5 Å². The topological polar surface area (TPSA) is 132 Å². The van der Waals surface area contributed by atoms with Crippen LogP contribution < -0.4 is 33.7 Å². The number of hydrogen-bond donors (Lipinski definition) is 2. The number of amides is 1. The molecular weight excluding hydrogens is 873 g/mol. The minimum atomic E-state index is -1.05. The van der Waals surface area contributed by atoms with E-state index in [1.54, 1.807) is 26.4 Å². The Labute approximate surface area is 407 Å². The van der Waals surface area contributed by atoms with E-state index in [9.17, 15) is 9.59 Å². The quantitative estimate of drug-likeness (QED) is 0.0859. The molecule has 0 spiro atoms. The lowest BCUT2D eigenvalue weighted by molar-refractivity contribution is 0.0636. The van der Waals surface area contributed by atoms with Crippen molar-refractivity contribution in [3.63, 3.8) is 0 Å². The minimum absolute atomic E-state index is 0.0195. The summed E-state index contributed by atoms with van der Waals surface area (Å²) in [6, 6.07) is 47.1. The molecule has 0 saturated carbocycles. The zero-order valence-electron chi connectivity index (χ0n) is 40.3. The van der Waals surface area contributed by atoms with E-state index in [0.29, 0.717) is 66.4 Å². The Morgan fingerprint density at radius 1 is 0.478 bits per heavy atom. The summed E-state index contributed by atoms with van der Waals surface area (Å²) in [5.41, 5.74) is 5.44. The second kappa shape index (κ2) is 27.7. The second-order valence-electron chi connectivity index (χ2n) is 16.5. The van der Waals surface area contributed by atoms with Gasteiger partial charge in [-0.1, -0.05) is 121 Å². The van der Waals surface area contributed by atoms with Crippen LogP contribution in [0.15, 0.2) is 146 Å². The fourth-order valence-corrected chi connectivity index (χ4v) is 7.91. The lowest BCUT2D eigenvalue weighted by atomic mass is 10.1. The first-order chi connectivity index (χ1) is 33.8. The van der Waals surface area contributed by atoms with Crippen molar-refractivity contribution in [1.82, 2.24) is 20.0 Å².